The van der Waals surface area contributed by atoms with E-state index >= 15 is 0 Å². The molecular weight excluding hydrogens is 322 g/mol. The van der Waals surface area contributed by atoms with Gasteiger partial charge in [-0.25, -0.2) is 4.79 Å². The number of esters is 1. The zero-order valence-electron chi connectivity index (χ0n) is 14.4. The molecule has 2 aromatic rings. The molecule has 132 valence electrons. The lowest BCUT2D eigenvalue weighted by atomic mass is 10.2. The van der Waals surface area contributed by atoms with E-state index in [-0.39, 0.29) is 18.1 Å². The van der Waals surface area contributed by atoms with Gasteiger partial charge in [0.2, 0.25) is 0 Å². The molecule has 0 aliphatic heterocycles. The monoisotopic (exact) mass is 343 g/mol. The number of carbonyl (C=O) groups excluding carboxylic acids is 2. The summed E-state index contributed by atoms with van der Waals surface area (Å²) in [6.07, 6.45) is 0. The summed E-state index contributed by atoms with van der Waals surface area (Å²) >= 11 is 0. The van der Waals surface area contributed by atoms with Crippen LogP contribution in [0.1, 0.15) is 18.1 Å². The van der Waals surface area contributed by atoms with Gasteiger partial charge in [0.05, 0.1) is 6.61 Å². The molecule has 0 atom stereocenters. The molecule has 0 heterocycles. The molecule has 1 amide bonds. The largest absolute Gasteiger partial charge is 0.460 e. The molecule has 0 unspecified atom stereocenters. The van der Waals surface area contributed by atoms with Gasteiger partial charge in [0.15, 0.2) is 0 Å². The van der Waals surface area contributed by atoms with Gasteiger partial charge in [0, 0.05) is 0 Å². The summed E-state index contributed by atoms with van der Waals surface area (Å²) in [7, 11) is 0. The number of benzene rings is 2. The van der Waals surface area contributed by atoms with Crippen molar-refractivity contribution in [3.05, 3.63) is 59.7 Å². The molecule has 0 radical (unpaired) electrons. The third-order valence-corrected chi connectivity index (χ3v) is 3.43. The molecular formula is C19H21NO5. The highest BCUT2D eigenvalue weighted by Crippen LogP contribution is 2.25. The fourth-order valence-electron chi connectivity index (χ4n) is 2.08. The Kier molecular flexibility index (Phi) is 5.64. The Morgan fingerprint density at radius 1 is 0.880 bits per heavy atom. The highest BCUT2D eigenvalue weighted by Gasteiger charge is 2.53. The van der Waals surface area contributed by atoms with Crippen LogP contribution in [0, 0.1) is 13.8 Å². The number of hydrogen-bond acceptors (Lipinski definition) is 5. The second kappa shape index (κ2) is 7.70. The lowest BCUT2D eigenvalue weighted by molar-refractivity contribution is -0.194. The minimum atomic E-state index is -2.42. The first-order chi connectivity index (χ1) is 11.9. The zero-order chi connectivity index (χ0) is 18.4. The molecule has 2 rings (SSSR count). The lowest BCUT2D eigenvalue weighted by Gasteiger charge is -2.29. The van der Waals surface area contributed by atoms with Gasteiger partial charge in [-0.2, -0.15) is 0 Å². The maximum absolute atomic E-state index is 12.5. The third-order valence-electron chi connectivity index (χ3n) is 3.43. The predicted octanol–water partition coefficient (Wildman–Crippen LogP) is 2.51. The van der Waals surface area contributed by atoms with Crippen molar-refractivity contribution in [2.75, 3.05) is 6.61 Å². The number of aryl methyl sites for hydroxylation is 2. The highest BCUT2D eigenvalue weighted by atomic mass is 16.7. The molecule has 25 heavy (non-hydrogen) atoms. The predicted molar refractivity (Wildman–Crippen MR) is 92.2 cm³/mol. The van der Waals surface area contributed by atoms with E-state index in [0.29, 0.717) is 0 Å². The maximum Gasteiger partial charge on any atom is 0.433 e. The summed E-state index contributed by atoms with van der Waals surface area (Å²) in [5.74, 6) is -4.02. The molecule has 0 fully saturated rings. The molecule has 0 aromatic heterocycles. The van der Waals surface area contributed by atoms with Gasteiger partial charge >= 0.3 is 17.7 Å². The van der Waals surface area contributed by atoms with Gasteiger partial charge in [-0.1, -0.05) is 35.4 Å². The van der Waals surface area contributed by atoms with E-state index < -0.39 is 17.7 Å². The van der Waals surface area contributed by atoms with Crippen LogP contribution in [0.3, 0.4) is 0 Å². The summed E-state index contributed by atoms with van der Waals surface area (Å²) in [5.41, 5.74) is 7.45. The van der Waals surface area contributed by atoms with Crippen LogP contribution in [0.25, 0.3) is 0 Å². The van der Waals surface area contributed by atoms with Gasteiger partial charge in [-0.15, -0.1) is 0 Å². The maximum atomic E-state index is 12.5. The van der Waals surface area contributed by atoms with E-state index in [4.69, 9.17) is 19.9 Å². The standard InChI is InChI=1S/C19H21NO5/c1-4-23-18(22)19(17(20)21,24-15-9-5-13(2)6-10-15)25-16-11-7-14(3)8-12-16/h5-12H,4H2,1-3H3,(H2,20,21). The number of hydrogen-bond donors (Lipinski definition) is 1. The second-order valence-corrected chi connectivity index (χ2v) is 5.53. The topological polar surface area (TPSA) is 87.8 Å². The Bertz CT molecular complexity index is 690. The number of ether oxygens (including phenoxy) is 3. The average molecular weight is 343 g/mol. The summed E-state index contributed by atoms with van der Waals surface area (Å²) in [6.45, 7) is 5.46. The molecule has 0 bridgehead atoms. The first-order valence-electron chi connectivity index (χ1n) is 7.86. The number of rotatable bonds is 7. The number of primary amides is 1. The van der Waals surface area contributed by atoms with E-state index in [1.807, 2.05) is 13.8 Å². The molecule has 0 aliphatic carbocycles. The Hall–Kier alpha value is -3.02. The van der Waals surface area contributed by atoms with E-state index in [1.165, 1.54) is 0 Å². The van der Waals surface area contributed by atoms with Gasteiger partial charge in [0.1, 0.15) is 11.5 Å². The minimum absolute atomic E-state index is 0.0440. The van der Waals surface area contributed by atoms with Crippen LogP contribution in [0.5, 0.6) is 11.5 Å². The van der Waals surface area contributed by atoms with Crippen LogP contribution in [-0.2, 0) is 14.3 Å². The molecule has 2 aromatic carbocycles. The van der Waals surface area contributed by atoms with E-state index in [0.717, 1.165) is 11.1 Å². The molecule has 0 saturated carbocycles. The SMILES string of the molecule is CCOC(=O)C(Oc1ccc(C)cc1)(Oc1ccc(C)cc1)C(N)=O. The minimum Gasteiger partial charge on any atom is -0.460 e. The smallest absolute Gasteiger partial charge is 0.433 e. The van der Waals surface area contributed by atoms with E-state index in [9.17, 15) is 9.59 Å². The fraction of sp³-hybridized carbons (Fsp3) is 0.263. The van der Waals surface area contributed by atoms with Crippen molar-refractivity contribution in [3.8, 4) is 11.5 Å². The van der Waals surface area contributed by atoms with Crippen LogP contribution in [0.2, 0.25) is 0 Å². The second-order valence-electron chi connectivity index (χ2n) is 5.53. The molecule has 0 saturated heterocycles. The Balaban J connectivity index is 2.43. The normalized spacial score (nSPS) is 10.8. The summed E-state index contributed by atoms with van der Waals surface area (Å²) in [5, 5.41) is 0. The van der Waals surface area contributed by atoms with Crippen molar-refractivity contribution in [2.45, 2.75) is 26.6 Å². The average Bonchev–Trinajstić information content (AvgIpc) is 2.58. The Morgan fingerprint density at radius 3 is 1.60 bits per heavy atom. The Labute approximate surface area is 146 Å². The third kappa shape index (κ3) is 4.29. The molecule has 0 spiro atoms. The fourth-order valence-corrected chi connectivity index (χ4v) is 2.08. The Morgan fingerprint density at radius 2 is 1.28 bits per heavy atom. The number of amides is 1. The molecule has 6 nitrogen and oxygen atoms in total. The van der Waals surface area contributed by atoms with Gasteiger partial charge in [-0.05, 0) is 45.0 Å². The highest BCUT2D eigenvalue weighted by molar-refractivity contribution is 6.04. The van der Waals surface area contributed by atoms with Gasteiger partial charge in [-0.3, -0.25) is 4.79 Å². The van der Waals surface area contributed by atoms with Crippen LogP contribution >= 0.6 is 0 Å². The number of carbonyl (C=O) groups is 2. The van der Waals surface area contributed by atoms with Crippen LogP contribution in [-0.4, -0.2) is 24.3 Å². The summed E-state index contributed by atoms with van der Waals surface area (Å²) in [4.78, 5) is 24.6. The van der Waals surface area contributed by atoms with Crippen molar-refractivity contribution in [2.24, 2.45) is 5.73 Å². The molecule has 6 heteroatoms. The van der Waals surface area contributed by atoms with Crippen molar-refractivity contribution in [1.82, 2.24) is 0 Å². The van der Waals surface area contributed by atoms with E-state index in [2.05, 4.69) is 0 Å². The van der Waals surface area contributed by atoms with Crippen LogP contribution < -0.4 is 15.2 Å². The first-order valence-corrected chi connectivity index (χ1v) is 7.86. The summed E-state index contributed by atoms with van der Waals surface area (Å²) in [6, 6.07) is 13.6. The molecule has 2 N–H and O–H groups in total. The van der Waals surface area contributed by atoms with Gasteiger partial charge in [0.25, 0.3) is 0 Å². The summed E-state index contributed by atoms with van der Waals surface area (Å²) < 4.78 is 16.2. The van der Waals surface area contributed by atoms with Crippen LogP contribution in [0.4, 0.5) is 0 Å². The quantitative estimate of drug-likeness (QED) is 0.474. The van der Waals surface area contributed by atoms with Crippen molar-refractivity contribution in [3.63, 3.8) is 0 Å². The first kappa shape index (κ1) is 18.3. The van der Waals surface area contributed by atoms with Crippen molar-refractivity contribution in [1.29, 1.82) is 0 Å². The van der Waals surface area contributed by atoms with Crippen LogP contribution in [0.15, 0.2) is 48.5 Å². The zero-order valence-corrected chi connectivity index (χ0v) is 14.4. The van der Waals surface area contributed by atoms with E-state index in [1.54, 1.807) is 55.5 Å². The molecule has 0 aliphatic rings. The number of nitrogens with two attached hydrogens (primary N) is 1. The van der Waals surface area contributed by atoms with Crippen molar-refractivity contribution < 1.29 is 23.8 Å². The van der Waals surface area contributed by atoms with Crippen molar-refractivity contribution >= 4 is 11.9 Å². The van der Waals surface area contributed by atoms with Gasteiger partial charge < -0.3 is 19.9 Å². The lowest BCUT2D eigenvalue weighted by Crippen LogP contribution is -2.60.